The fourth-order valence-corrected chi connectivity index (χ4v) is 2.63. The van der Waals surface area contributed by atoms with Gasteiger partial charge in [-0.2, -0.15) is 0 Å². The van der Waals surface area contributed by atoms with Gasteiger partial charge < -0.3 is 10.6 Å². The molecule has 1 aromatic rings. The number of hydrogen-bond acceptors (Lipinski definition) is 2. The van der Waals surface area contributed by atoms with Crippen LogP contribution in [-0.4, -0.2) is 18.6 Å². The van der Waals surface area contributed by atoms with Crippen LogP contribution in [0.5, 0.6) is 0 Å². The molecule has 2 atom stereocenters. The molecule has 0 fully saturated rings. The fraction of sp³-hybridized carbons (Fsp3) is 0.647. The second-order valence-corrected chi connectivity index (χ2v) is 6.17. The third kappa shape index (κ3) is 4.99. The van der Waals surface area contributed by atoms with Gasteiger partial charge in [-0.05, 0) is 50.8 Å². The number of hydrogen-bond donors (Lipinski definition) is 1. The third-order valence-electron chi connectivity index (χ3n) is 3.79. The van der Waals surface area contributed by atoms with Gasteiger partial charge in [-0.3, -0.25) is 0 Å². The van der Waals surface area contributed by atoms with Gasteiger partial charge in [0, 0.05) is 29.3 Å². The van der Waals surface area contributed by atoms with Crippen molar-refractivity contribution in [1.29, 1.82) is 0 Å². The Morgan fingerprint density at radius 2 is 1.95 bits per heavy atom. The van der Waals surface area contributed by atoms with E-state index in [1.54, 1.807) is 0 Å². The second-order valence-electron chi connectivity index (χ2n) is 5.76. The Hall–Kier alpha value is -0.730. The van der Waals surface area contributed by atoms with Gasteiger partial charge in [-0.25, -0.2) is 0 Å². The van der Waals surface area contributed by atoms with Crippen LogP contribution < -0.4 is 10.6 Å². The van der Waals surface area contributed by atoms with Gasteiger partial charge in [0.25, 0.3) is 0 Å². The van der Waals surface area contributed by atoms with Crippen molar-refractivity contribution in [2.45, 2.75) is 65.5 Å². The zero-order valence-corrected chi connectivity index (χ0v) is 14.1. The first-order valence-electron chi connectivity index (χ1n) is 7.80. The summed E-state index contributed by atoms with van der Waals surface area (Å²) in [4.78, 5) is 2.46. The second kappa shape index (κ2) is 8.53. The van der Waals surface area contributed by atoms with Gasteiger partial charge in [-0.15, -0.1) is 0 Å². The van der Waals surface area contributed by atoms with Crippen LogP contribution in [0.1, 0.15) is 52.5 Å². The minimum Gasteiger partial charge on any atom is -0.369 e. The zero-order chi connectivity index (χ0) is 15.1. The monoisotopic (exact) mass is 296 g/mol. The molecule has 0 radical (unpaired) electrons. The van der Waals surface area contributed by atoms with E-state index in [1.165, 1.54) is 18.5 Å². The van der Waals surface area contributed by atoms with Gasteiger partial charge in [-0.1, -0.05) is 37.9 Å². The van der Waals surface area contributed by atoms with Crippen LogP contribution in [0.15, 0.2) is 18.2 Å². The molecule has 0 aliphatic rings. The average Bonchev–Trinajstić information content (AvgIpc) is 2.41. The highest BCUT2D eigenvalue weighted by molar-refractivity contribution is 6.31. The first-order chi connectivity index (χ1) is 9.49. The number of anilines is 1. The summed E-state index contributed by atoms with van der Waals surface area (Å²) in [6.45, 7) is 9.84. The Labute approximate surface area is 129 Å². The van der Waals surface area contributed by atoms with Gasteiger partial charge in [0.15, 0.2) is 0 Å². The van der Waals surface area contributed by atoms with Crippen LogP contribution in [0, 0.1) is 0 Å². The Morgan fingerprint density at radius 1 is 1.25 bits per heavy atom. The summed E-state index contributed by atoms with van der Waals surface area (Å²) in [5, 5.41) is 0.838. The molecule has 2 nitrogen and oxygen atoms in total. The molecule has 1 aromatic carbocycles. The van der Waals surface area contributed by atoms with E-state index < -0.39 is 0 Å². The quantitative estimate of drug-likeness (QED) is 0.757. The van der Waals surface area contributed by atoms with E-state index in [0.29, 0.717) is 6.04 Å². The minimum atomic E-state index is 0.143. The average molecular weight is 297 g/mol. The molecule has 0 heterocycles. The van der Waals surface area contributed by atoms with E-state index in [1.807, 2.05) is 6.92 Å². The van der Waals surface area contributed by atoms with Crippen LogP contribution in [-0.2, 0) is 6.42 Å². The molecule has 114 valence electrons. The molecule has 20 heavy (non-hydrogen) atoms. The third-order valence-corrected chi connectivity index (χ3v) is 4.14. The number of halogens is 1. The number of rotatable bonds is 8. The smallest absolute Gasteiger partial charge is 0.0459 e. The maximum Gasteiger partial charge on any atom is 0.0459 e. The lowest BCUT2D eigenvalue weighted by molar-refractivity contribution is 0.595. The number of unbranched alkanes of at least 4 members (excludes halogenated alkanes) is 1. The van der Waals surface area contributed by atoms with Crippen molar-refractivity contribution in [3.8, 4) is 0 Å². The van der Waals surface area contributed by atoms with Gasteiger partial charge >= 0.3 is 0 Å². The molecule has 0 amide bonds. The van der Waals surface area contributed by atoms with Crippen molar-refractivity contribution in [1.82, 2.24) is 0 Å². The molecule has 0 saturated heterocycles. The Kier molecular flexibility index (Phi) is 7.39. The summed E-state index contributed by atoms with van der Waals surface area (Å²) < 4.78 is 0. The first kappa shape index (κ1) is 17.3. The van der Waals surface area contributed by atoms with Gasteiger partial charge in [0.1, 0.15) is 0 Å². The van der Waals surface area contributed by atoms with Crippen LogP contribution in [0.4, 0.5) is 5.69 Å². The zero-order valence-electron chi connectivity index (χ0n) is 13.3. The van der Waals surface area contributed by atoms with Crippen LogP contribution >= 0.6 is 11.6 Å². The van der Waals surface area contributed by atoms with Crippen molar-refractivity contribution >= 4 is 17.3 Å². The van der Waals surface area contributed by atoms with Gasteiger partial charge in [0.05, 0.1) is 0 Å². The molecule has 0 aliphatic heterocycles. The van der Waals surface area contributed by atoms with Crippen LogP contribution in [0.25, 0.3) is 0 Å². The molecule has 2 N–H and O–H groups in total. The summed E-state index contributed by atoms with van der Waals surface area (Å²) in [7, 11) is 0. The van der Waals surface area contributed by atoms with Crippen LogP contribution in [0.2, 0.25) is 5.02 Å². The predicted octanol–water partition coefficient (Wildman–Crippen LogP) is 4.63. The minimum absolute atomic E-state index is 0.143. The molecule has 0 bridgehead atoms. The van der Waals surface area contributed by atoms with E-state index in [4.69, 9.17) is 17.3 Å². The summed E-state index contributed by atoms with van der Waals surface area (Å²) in [6, 6.07) is 7.09. The van der Waals surface area contributed by atoms with E-state index >= 15 is 0 Å². The maximum atomic E-state index is 6.42. The van der Waals surface area contributed by atoms with Crippen molar-refractivity contribution in [3.63, 3.8) is 0 Å². The topological polar surface area (TPSA) is 29.3 Å². The molecular formula is C17H29ClN2. The van der Waals surface area contributed by atoms with E-state index in [-0.39, 0.29) is 6.04 Å². The standard InChI is InChI=1S/C17H29ClN2/c1-5-7-10-20(14(4)6-2)16-9-8-15(11-13(3)19)17(18)12-16/h8-9,12-14H,5-7,10-11,19H2,1-4H3. The van der Waals surface area contributed by atoms with Crippen molar-refractivity contribution < 1.29 is 0 Å². The molecule has 2 unspecified atom stereocenters. The summed E-state index contributed by atoms with van der Waals surface area (Å²) in [6.07, 6.45) is 4.40. The lowest BCUT2D eigenvalue weighted by Gasteiger charge is -2.31. The highest BCUT2D eigenvalue weighted by Gasteiger charge is 2.14. The lowest BCUT2D eigenvalue weighted by atomic mass is 10.1. The highest BCUT2D eigenvalue weighted by Crippen LogP contribution is 2.27. The molecule has 0 saturated carbocycles. The maximum absolute atomic E-state index is 6.42. The predicted molar refractivity (Wildman–Crippen MR) is 90.8 cm³/mol. The highest BCUT2D eigenvalue weighted by atomic mass is 35.5. The summed E-state index contributed by atoms with van der Waals surface area (Å²) in [5.74, 6) is 0. The lowest BCUT2D eigenvalue weighted by Crippen LogP contribution is -2.33. The molecule has 0 spiro atoms. The normalized spacial score (nSPS) is 14.1. The Balaban J connectivity index is 2.93. The Morgan fingerprint density at radius 3 is 2.45 bits per heavy atom. The molecular weight excluding hydrogens is 268 g/mol. The van der Waals surface area contributed by atoms with E-state index in [0.717, 1.165) is 30.0 Å². The summed E-state index contributed by atoms with van der Waals surface area (Å²) in [5.41, 5.74) is 8.23. The van der Waals surface area contributed by atoms with E-state index in [9.17, 15) is 0 Å². The van der Waals surface area contributed by atoms with Crippen LogP contribution in [0.3, 0.4) is 0 Å². The fourth-order valence-electron chi connectivity index (χ4n) is 2.38. The van der Waals surface area contributed by atoms with Crippen molar-refractivity contribution in [2.24, 2.45) is 5.73 Å². The SMILES string of the molecule is CCCCN(c1ccc(CC(C)N)c(Cl)c1)C(C)CC. The molecule has 0 aliphatic carbocycles. The number of benzene rings is 1. The largest absolute Gasteiger partial charge is 0.369 e. The first-order valence-corrected chi connectivity index (χ1v) is 8.18. The Bertz CT molecular complexity index is 404. The molecule has 3 heteroatoms. The molecule has 0 aromatic heterocycles. The number of nitrogens with two attached hydrogens (primary N) is 1. The number of nitrogens with zero attached hydrogens (tertiary/aromatic N) is 1. The summed E-state index contributed by atoms with van der Waals surface area (Å²) >= 11 is 6.42. The van der Waals surface area contributed by atoms with Gasteiger partial charge in [0.2, 0.25) is 0 Å². The van der Waals surface area contributed by atoms with E-state index in [2.05, 4.69) is 43.9 Å². The van der Waals surface area contributed by atoms with Crippen molar-refractivity contribution in [2.75, 3.05) is 11.4 Å². The van der Waals surface area contributed by atoms with Crippen molar-refractivity contribution in [3.05, 3.63) is 28.8 Å². The molecule has 1 rings (SSSR count).